The number of esters is 1. The van der Waals surface area contributed by atoms with Gasteiger partial charge in [0.2, 0.25) is 0 Å². The summed E-state index contributed by atoms with van der Waals surface area (Å²) in [6.07, 6.45) is 12.3. The molecule has 3 fully saturated rings. The Morgan fingerprint density at radius 2 is 1.69 bits per heavy atom. The quantitative estimate of drug-likeness (QED) is 0.163. The minimum Gasteiger partial charge on any atom is -0.426 e. The van der Waals surface area contributed by atoms with E-state index in [2.05, 4.69) is 6.92 Å². The van der Waals surface area contributed by atoms with Gasteiger partial charge < -0.3 is 4.74 Å². The van der Waals surface area contributed by atoms with Crippen LogP contribution in [-0.2, 0) is 11.0 Å². The maximum absolute atomic E-state index is 13.9. The van der Waals surface area contributed by atoms with E-state index >= 15 is 0 Å². The van der Waals surface area contributed by atoms with Crippen LogP contribution in [0.25, 0.3) is 0 Å². The maximum Gasteiger partial charge on any atom is 0.419 e. The Morgan fingerprint density at radius 3 is 2.37 bits per heavy atom. The van der Waals surface area contributed by atoms with Crippen LogP contribution in [0.2, 0.25) is 0 Å². The molecule has 4 unspecified atom stereocenters. The largest absolute Gasteiger partial charge is 0.426 e. The molecule has 6 heteroatoms. The molecule has 0 amide bonds. The van der Waals surface area contributed by atoms with Gasteiger partial charge in [-0.2, -0.15) is 13.2 Å². The van der Waals surface area contributed by atoms with Gasteiger partial charge in [-0.05, 0) is 80.2 Å². The van der Waals surface area contributed by atoms with Crippen LogP contribution in [0.1, 0.15) is 102 Å². The standard InChI is InChI=1S/C29H40F4O2/c1-2-3-4-6-19-9-11-20(12-10-19)21-13-15-24-22(17-21)7-5-8-25(24)28(34)35-23-14-16-26(27(30)18-23)29(31,32)33/h14,16,18-22,24-25H,2-13,15,17H2,1H3. The molecule has 4 rings (SSSR count). The topological polar surface area (TPSA) is 26.3 Å². The van der Waals surface area contributed by atoms with Crippen LogP contribution in [0.5, 0.6) is 5.75 Å². The number of benzene rings is 1. The summed E-state index contributed by atoms with van der Waals surface area (Å²) in [5.74, 6) is 1.07. The van der Waals surface area contributed by atoms with E-state index in [-0.39, 0.29) is 17.6 Å². The minimum atomic E-state index is -4.77. The van der Waals surface area contributed by atoms with Crippen molar-refractivity contribution < 1.29 is 27.1 Å². The number of rotatable bonds is 7. The van der Waals surface area contributed by atoms with Crippen LogP contribution in [0.15, 0.2) is 18.2 Å². The molecule has 196 valence electrons. The second-order valence-corrected chi connectivity index (χ2v) is 11.4. The summed E-state index contributed by atoms with van der Waals surface area (Å²) < 4.78 is 57.8. The number of unbranched alkanes of at least 4 members (excludes halogenated alkanes) is 2. The number of carbonyl (C=O) groups excluding carboxylic acids is 1. The zero-order valence-electron chi connectivity index (χ0n) is 20.9. The van der Waals surface area contributed by atoms with Gasteiger partial charge in [-0.15, -0.1) is 0 Å². The SMILES string of the molecule is CCCCCC1CCC(C2CCC3C(CCCC3C(=O)Oc3ccc(C(F)(F)F)c(F)c3)C2)CC1. The van der Waals surface area contributed by atoms with Crippen LogP contribution in [0, 0.1) is 41.3 Å². The Morgan fingerprint density at radius 1 is 0.943 bits per heavy atom. The van der Waals surface area contributed by atoms with E-state index in [1.165, 1.54) is 57.8 Å². The summed E-state index contributed by atoms with van der Waals surface area (Å²) in [5.41, 5.74) is -1.34. The predicted octanol–water partition coefficient (Wildman–Crippen LogP) is 8.97. The molecule has 0 bridgehead atoms. The Kier molecular flexibility index (Phi) is 8.80. The molecular formula is C29H40F4O2. The van der Waals surface area contributed by atoms with Crippen LogP contribution in [0.3, 0.4) is 0 Å². The van der Waals surface area contributed by atoms with Gasteiger partial charge in [0, 0.05) is 6.07 Å². The zero-order chi connectivity index (χ0) is 25.0. The van der Waals surface area contributed by atoms with E-state index in [4.69, 9.17) is 4.74 Å². The van der Waals surface area contributed by atoms with Crippen LogP contribution in [0.4, 0.5) is 17.6 Å². The molecule has 0 aromatic heterocycles. The van der Waals surface area contributed by atoms with Crippen molar-refractivity contribution in [1.29, 1.82) is 0 Å². The van der Waals surface area contributed by atoms with E-state index in [1.807, 2.05) is 0 Å². The highest BCUT2D eigenvalue weighted by Crippen LogP contribution is 2.50. The fourth-order valence-electron chi connectivity index (χ4n) is 7.33. The van der Waals surface area contributed by atoms with Gasteiger partial charge in [0.05, 0.1) is 11.5 Å². The fraction of sp³-hybridized carbons (Fsp3) is 0.759. The Labute approximate surface area is 207 Å². The normalized spacial score (nSPS) is 31.6. The smallest absolute Gasteiger partial charge is 0.419 e. The van der Waals surface area contributed by atoms with Gasteiger partial charge >= 0.3 is 12.1 Å². The molecule has 0 N–H and O–H groups in total. The first kappa shape index (κ1) is 26.5. The Bertz CT molecular complexity index is 844. The Hall–Kier alpha value is -1.59. The number of hydrogen-bond acceptors (Lipinski definition) is 2. The third kappa shape index (κ3) is 6.60. The molecule has 3 aliphatic rings. The second kappa shape index (κ2) is 11.6. The van der Waals surface area contributed by atoms with Gasteiger partial charge in [0.1, 0.15) is 11.6 Å². The van der Waals surface area contributed by atoms with E-state index in [0.717, 1.165) is 55.9 Å². The molecule has 2 nitrogen and oxygen atoms in total. The first-order valence-electron chi connectivity index (χ1n) is 13.8. The molecule has 0 spiro atoms. The molecule has 3 aliphatic carbocycles. The number of ether oxygens (including phenoxy) is 1. The third-order valence-corrected chi connectivity index (χ3v) is 9.23. The lowest BCUT2D eigenvalue weighted by Crippen LogP contribution is -2.40. The molecule has 35 heavy (non-hydrogen) atoms. The first-order chi connectivity index (χ1) is 16.8. The van der Waals surface area contributed by atoms with Crippen molar-refractivity contribution in [3.05, 3.63) is 29.6 Å². The summed E-state index contributed by atoms with van der Waals surface area (Å²) in [7, 11) is 0. The highest BCUT2D eigenvalue weighted by atomic mass is 19.4. The van der Waals surface area contributed by atoms with Crippen LogP contribution < -0.4 is 4.74 Å². The second-order valence-electron chi connectivity index (χ2n) is 11.4. The molecule has 1 aromatic rings. The summed E-state index contributed by atoms with van der Waals surface area (Å²) >= 11 is 0. The summed E-state index contributed by atoms with van der Waals surface area (Å²) in [6, 6.07) is 2.36. The van der Waals surface area contributed by atoms with Crippen LogP contribution in [-0.4, -0.2) is 5.97 Å². The van der Waals surface area contributed by atoms with Crippen molar-refractivity contribution in [3.8, 4) is 5.75 Å². The van der Waals surface area contributed by atoms with Gasteiger partial charge in [0.15, 0.2) is 0 Å². The average molecular weight is 497 g/mol. The molecular weight excluding hydrogens is 456 g/mol. The Balaban J connectivity index is 1.30. The van der Waals surface area contributed by atoms with E-state index in [0.29, 0.717) is 18.1 Å². The fourth-order valence-corrected chi connectivity index (χ4v) is 7.33. The van der Waals surface area contributed by atoms with Gasteiger partial charge in [-0.3, -0.25) is 4.79 Å². The average Bonchev–Trinajstić information content (AvgIpc) is 2.83. The van der Waals surface area contributed by atoms with Crippen molar-refractivity contribution >= 4 is 5.97 Å². The molecule has 3 saturated carbocycles. The first-order valence-corrected chi connectivity index (χ1v) is 13.8. The van der Waals surface area contributed by atoms with E-state index in [9.17, 15) is 22.4 Å². The summed E-state index contributed by atoms with van der Waals surface area (Å²) in [6.45, 7) is 2.26. The van der Waals surface area contributed by atoms with Crippen molar-refractivity contribution in [1.82, 2.24) is 0 Å². The number of halogens is 4. The zero-order valence-corrected chi connectivity index (χ0v) is 20.9. The lowest BCUT2D eigenvalue weighted by atomic mass is 9.59. The summed E-state index contributed by atoms with van der Waals surface area (Å²) in [4.78, 5) is 13.0. The number of hydrogen-bond donors (Lipinski definition) is 0. The number of fused-ring (bicyclic) bond motifs is 1. The molecule has 0 saturated heterocycles. The van der Waals surface area contributed by atoms with Crippen molar-refractivity contribution in [2.75, 3.05) is 0 Å². The molecule has 0 heterocycles. The van der Waals surface area contributed by atoms with E-state index < -0.39 is 23.5 Å². The van der Waals surface area contributed by atoms with Crippen molar-refractivity contribution in [2.45, 2.75) is 103 Å². The molecule has 4 atom stereocenters. The van der Waals surface area contributed by atoms with E-state index in [1.54, 1.807) is 0 Å². The molecule has 0 radical (unpaired) electrons. The lowest BCUT2D eigenvalue weighted by Gasteiger charge is -2.46. The van der Waals surface area contributed by atoms with Crippen molar-refractivity contribution in [3.63, 3.8) is 0 Å². The minimum absolute atomic E-state index is 0.146. The highest BCUT2D eigenvalue weighted by molar-refractivity contribution is 5.75. The molecule has 1 aromatic carbocycles. The lowest BCUT2D eigenvalue weighted by molar-refractivity contribution is -0.144. The molecule has 0 aliphatic heterocycles. The van der Waals surface area contributed by atoms with Crippen molar-refractivity contribution in [2.24, 2.45) is 35.5 Å². The summed E-state index contributed by atoms with van der Waals surface area (Å²) in [5, 5.41) is 0. The maximum atomic E-state index is 13.9. The predicted molar refractivity (Wildman–Crippen MR) is 128 cm³/mol. The third-order valence-electron chi connectivity index (χ3n) is 9.23. The van der Waals surface area contributed by atoms with Gasteiger partial charge in [-0.1, -0.05) is 58.3 Å². The van der Waals surface area contributed by atoms with Gasteiger partial charge in [0.25, 0.3) is 0 Å². The monoisotopic (exact) mass is 496 g/mol. The number of alkyl halides is 3. The van der Waals surface area contributed by atoms with Gasteiger partial charge in [-0.25, -0.2) is 4.39 Å². The van der Waals surface area contributed by atoms with Crippen LogP contribution >= 0.6 is 0 Å². The highest BCUT2D eigenvalue weighted by Gasteiger charge is 2.43. The number of carbonyl (C=O) groups is 1.